The Morgan fingerprint density at radius 3 is 2.31 bits per heavy atom. The van der Waals surface area contributed by atoms with Crippen molar-refractivity contribution in [2.45, 2.75) is 64.7 Å². The van der Waals surface area contributed by atoms with E-state index in [0.717, 1.165) is 56.1 Å². The van der Waals surface area contributed by atoms with Crippen LogP contribution in [0.3, 0.4) is 0 Å². The van der Waals surface area contributed by atoms with Crippen molar-refractivity contribution in [2.24, 2.45) is 5.92 Å². The topological polar surface area (TPSA) is 9.23 Å². The van der Waals surface area contributed by atoms with Gasteiger partial charge in [0.2, 0.25) is 0 Å². The minimum Gasteiger partial charge on any atom is -0.491 e. The van der Waals surface area contributed by atoms with E-state index in [2.05, 4.69) is 13.0 Å². The molecule has 0 amide bonds. The van der Waals surface area contributed by atoms with Gasteiger partial charge in [0.15, 0.2) is 23.2 Å². The molecule has 0 aliphatic heterocycles. The van der Waals surface area contributed by atoms with Gasteiger partial charge in [0.25, 0.3) is 0 Å². The maximum absolute atomic E-state index is 15.0. The lowest BCUT2D eigenvalue weighted by molar-refractivity contribution is 0.291. The molecule has 3 aromatic rings. The van der Waals surface area contributed by atoms with Gasteiger partial charge >= 0.3 is 0 Å². The van der Waals surface area contributed by atoms with Gasteiger partial charge in [-0.3, -0.25) is 0 Å². The number of benzene rings is 3. The summed E-state index contributed by atoms with van der Waals surface area (Å²) >= 11 is 0. The molecule has 0 atom stereocenters. The molecule has 1 nitrogen and oxygen atoms in total. The zero-order chi connectivity index (χ0) is 25.5. The summed E-state index contributed by atoms with van der Waals surface area (Å²) in [5, 5.41) is 0. The minimum atomic E-state index is -0.766. The first-order chi connectivity index (χ1) is 17.5. The Bertz CT molecular complexity index is 1170. The van der Waals surface area contributed by atoms with E-state index in [1.807, 2.05) is 43.3 Å². The number of halogens is 3. The molecule has 0 radical (unpaired) electrons. The molecule has 4 heteroatoms. The van der Waals surface area contributed by atoms with E-state index >= 15 is 4.39 Å². The van der Waals surface area contributed by atoms with Crippen LogP contribution < -0.4 is 4.74 Å². The molecule has 0 bridgehead atoms. The van der Waals surface area contributed by atoms with E-state index < -0.39 is 11.6 Å². The predicted octanol–water partition coefficient (Wildman–Crippen LogP) is 9.64. The Labute approximate surface area is 213 Å². The Hall–Kier alpha value is -3.01. The van der Waals surface area contributed by atoms with Gasteiger partial charge in [-0.1, -0.05) is 79.9 Å². The summed E-state index contributed by atoms with van der Waals surface area (Å²) in [5.74, 6) is -1.18. The van der Waals surface area contributed by atoms with E-state index in [9.17, 15) is 8.78 Å². The molecule has 1 aliphatic carbocycles. The van der Waals surface area contributed by atoms with Crippen LogP contribution in [0.5, 0.6) is 5.75 Å². The zero-order valence-corrected chi connectivity index (χ0v) is 21.2. The van der Waals surface area contributed by atoms with Crippen LogP contribution in [-0.4, -0.2) is 6.61 Å². The van der Waals surface area contributed by atoms with Crippen molar-refractivity contribution in [3.8, 4) is 16.9 Å². The molecule has 1 saturated carbocycles. The molecule has 1 aliphatic rings. The Morgan fingerprint density at radius 2 is 1.61 bits per heavy atom. The van der Waals surface area contributed by atoms with Crippen LogP contribution in [0.25, 0.3) is 17.2 Å². The molecule has 4 rings (SSSR count). The van der Waals surface area contributed by atoms with Crippen molar-refractivity contribution in [2.75, 3.05) is 6.61 Å². The van der Waals surface area contributed by atoms with Crippen molar-refractivity contribution in [3.05, 3.63) is 94.8 Å². The normalized spacial score (nSPS) is 18.0. The number of hydrogen-bond acceptors (Lipinski definition) is 1. The van der Waals surface area contributed by atoms with Gasteiger partial charge < -0.3 is 4.74 Å². The first kappa shape index (κ1) is 26.1. The lowest BCUT2D eigenvalue weighted by Crippen LogP contribution is -2.13. The average Bonchev–Trinajstić information content (AvgIpc) is 2.89. The van der Waals surface area contributed by atoms with Crippen molar-refractivity contribution < 1.29 is 17.9 Å². The Morgan fingerprint density at radius 1 is 0.861 bits per heavy atom. The van der Waals surface area contributed by atoms with Crippen molar-refractivity contribution in [1.82, 2.24) is 0 Å². The second-order valence-corrected chi connectivity index (χ2v) is 9.91. The molecule has 1 fully saturated rings. The van der Waals surface area contributed by atoms with Crippen molar-refractivity contribution >= 4 is 6.08 Å². The summed E-state index contributed by atoms with van der Waals surface area (Å²) in [4.78, 5) is 0. The fourth-order valence-electron chi connectivity index (χ4n) is 4.98. The van der Waals surface area contributed by atoms with Crippen molar-refractivity contribution in [3.63, 3.8) is 0 Å². The van der Waals surface area contributed by atoms with Gasteiger partial charge in [0.1, 0.15) is 0 Å². The number of ether oxygens (including phenoxy) is 1. The SMILES string of the molecule is CCCCCOc1ccc(/C=C/C2CCC(c3ccc(-c4ccc(C)cc4)c(F)c3F)CC2)cc1F. The standard InChI is InChI=1S/C32H35F3O/c1-3-4-5-20-36-30-19-12-24(21-29(30)33)9-8-23-10-15-26(16-11-23)28-18-17-27(31(34)32(28)35)25-13-6-22(2)7-14-25/h6-9,12-14,17-19,21,23,26H,3-5,10-11,15-16,20H2,1-2H3/b9-8+. The van der Waals surface area contributed by atoms with Gasteiger partial charge in [-0.15, -0.1) is 0 Å². The lowest BCUT2D eigenvalue weighted by Gasteiger charge is -2.27. The zero-order valence-electron chi connectivity index (χ0n) is 21.2. The van der Waals surface area contributed by atoms with Crippen LogP contribution in [-0.2, 0) is 0 Å². The number of unbranched alkanes of at least 4 members (excludes halogenated alkanes) is 2. The van der Waals surface area contributed by atoms with Gasteiger partial charge in [-0.25, -0.2) is 13.2 Å². The summed E-state index contributed by atoms with van der Waals surface area (Å²) in [6.07, 6.45) is 10.5. The van der Waals surface area contributed by atoms with E-state index in [4.69, 9.17) is 4.74 Å². The molecule has 0 unspecified atom stereocenters. The second-order valence-electron chi connectivity index (χ2n) is 9.91. The van der Waals surface area contributed by atoms with Crippen LogP contribution in [0.4, 0.5) is 13.2 Å². The first-order valence-electron chi connectivity index (χ1n) is 13.1. The summed E-state index contributed by atoms with van der Waals surface area (Å²) < 4.78 is 49.9. The average molecular weight is 493 g/mol. The molecular formula is C32H35F3O. The maximum Gasteiger partial charge on any atom is 0.166 e. The molecule has 36 heavy (non-hydrogen) atoms. The summed E-state index contributed by atoms with van der Waals surface area (Å²) in [6.45, 7) is 4.62. The van der Waals surface area contributed by atoms with Crippen LogP contribution in [0.15, 0.2) is 60.7 Å². The van der Waals surface area contributed by atoms with E-state index in [-0.39, 0.29) is 11.7 Å². The molecule has 0 N–H and O–H groups in total. The number of allylic oxidation sites excluding steroid dienone is 1. The van der Waals surface area contributed by atoms with Crippen LogP contribution in [0.1, 0.15) is 74.5 Å². The van der Waals surface area contributed by atoms with E-state index in [1.165, 1.54) is 6.07 Å². The third kappa shape index (κ3) is 6.40. The third-order valence-electron chi connectivity index (χ3n) is 7.21. The summed E-state index contributed by atoms with van der Waals surface area (Å²) in [6, 6.07) is 16.0. The number of rotatable bonds is 9. The Balaban J connectivity index is 1.34. The molecule has 3 aromatic carbocycles. The molecule has 0 aromatic heterocycles. The van der Waals surface area contributed by atoms with Gasteiger partial charge in [-0.2, -0.15) is 0 Å². The third-order valence-corrected chi connectivity index (χ3v) is 7.21. The smallest absolute Gasteiger partial charge is 0.166 e. The first-order valence-corrected chi connectivity index (χ1v) is 13.1. The summed E-state index contributed by atoms with van der Waals surface area (Å²) in [7, 11) is 0. The second kappa shape index (κ2) is 12.3. The maximum atomic E-state index is 15.0. The van der Waals surface area contributed by atoms with E-state index in [1.54, 1.807) is 18.2 Å². The quantitative estimate of drug-likeness (QED) is 0.270. The highest BCUT2D eigenvalue weighted by Crippen LogP contribution is 2.39. The largest absolute Gasteiger partial charge is 0.491 e. The summed E-state index contributed by atoms with van der Waals surface area (Å²) in [5.41, 5.74) is 3.34. The number of hydrogen-bond donors (Lipinski definition) is 0. The fourth-order valence-corrected chi connectivity index (χ4v) is 4.98. The highest BCUT2D eigenvalue weighted by Gasteiger charge is 2.25. The van der Waals surface area contributed by atoms with Crippen LogP contribution in [0, 0.1) is 30.3 Å². The van der Waals surface area contributed by atoms with Crippen LogP contribution in [0.2, 0.25) is 0 Å². The molecule has 190 valence electrons. The number of aryl methyl sites for hydroxylation is 1. The van der Waals surface area contributed by atoms with E-state index in [0.29, 0.717) is 35.0 Å². The van der Waals surface area contributed by atoms with Gasteiger partial charge in [0, 0.05) is 5.56 Å². The van der Waals surface area contributed by atoms with Crippen molar-refractivity contribution in [1.29, 1.82) is 0 Å². The molecular weight excluding hydrogens is 457 g/mol. The van der Waals surface area contributed by atoms with Crippen LogP contribution >= 0.6 is 0 Å². The molecule has 0 saturated heterocycles. The highest BCUT2D eigenvalue weighted by atomic mass is 19.2. The lowest BCUT2D eigenvalue weighted by atomic mass is 9.78. The Kier molecular flexibility index (Phi) is 8.90. The fraction of sp³-hybridized carbons (Fsp3) is 0.375. The monoisotopic (exact) mass is 492 g/mol. The predicted molar refractivity (Wildman–Crippen MR) is 142 cm³/mol. The molecule has 0 heterocycles. The highest BCUT2D eigenvalue weighted by molar-refractivity contribution is 5.65. The molecule has 0 spiro atoms. The van der Waals surface area contributed by atoms with Gasteiger partial charge in [0.05, 0.1) is 6.61 Å². The van der Waals surface area contributed by atoms with Gasteiger partial charge in [-0.05, 0) is 79.7 Å². The minimum absolute atomic E-state index is 0.0119.